The Morgan fingerprint density at radius 3 is 2.06 bits per heavy atom. The zero-order valence-corrected chi connectivity index (χ0v) is 21.5. The van der Waals surface area contributed by atoms with E-state index >= 15 is 0 Å². The monoisotopic (exact) mass is 531 g/mol. The van der Waals surface area contributed by atoms with Crippen LogP contribution in [0, 0.1) is 0 Å². The fraction of sp³-hybridized carbons (Fsp3) is 0.480. The lowest BCUT2D eigenvalue weighted by atomic mass is 10.1. The summed E-state index contributed by atoms with van der Waals surface area (Å²) in [7, 11) is -4.01. The molecule has 2 aromatic rings. The number of alkyl halides is 3. The van der Waals surface area contributed by atoms with E-state index in [4.69, 9.17) is 14.0 Å². The maximum Gasteiger partial charge on any atom is 0.416 e. The smallest absolute Gasteiger partial charge is 0.416 e. The molecular weight excluding hydrogens is 498 g/mol. The van der Waals surface area contributed by atoms with Crippen molar-refractivity contribution in [3.63, 3.8) is 0 Å². The fourth-order valence-corrected chi connectivity index (χ4v) is 4.39. The van der Waals surface area contributed by atoms with Crippen molar-refractivity contribution in [3.05, 3.63) is 54.1 Å². The Kier molecular flexibility index (Phi) is 11.3. The second kappa shape index (κ2) is 13.7. The fourth-order valence-electron chi connectivity index (χ4n) is 3.29. The lowest BCUT2D eigenvalue weighted by Crippen LogP contribution is -2.37. The molecule has 2 N–H and O–H groups in total. The Bertz CT molecular complexity index is 998. The lowest BCUT2D eigenvalue weighted by Gasteiger charge is -2.22. The van der Waals surface area contributed by atoms with Gasteiger partial charge in [0.2, 0.25) is 0 Å². The molecule has 3 atom stereocenters. The average molecular weight is 532 g/mol. The molecule has 0 radical (unpaired) electrons. The van der Waals surface area contributed by atoms with E-state index in [-0.39, 0.29) is 11.9 Å². The van der Waals surface area contributed by atoms with Gasteiger partial charge >= 0.3 is 13.8 Å². The molecule has 0 aliphatic heterocycles. The van der Waals surface area contributed by atoms with Gasteiger partial charge in [-0.2, -0.15) is 13.2 Å². The molecule has 0 heterocycles. The highest BCUT2D eigenvalue weighted by Crippen LogP contribution is 2.43. The lowest BCUT2D eigenvalue weighted by molar-refractivity contribution is -0.137. The second-order valence-corrected chi connectivity index (χ2v) is 10.2. The van der Waals surface area contributed by atoms with Crippen molar-refractivity contribution in [3.8, 4) is 17.2 Å². The molecule has 0 spiro atoms. The number of ether oxygens (including phenoxy) is 2. The number of benzene rings is 2. The first-order valence-electron chi connectivity index (χ1n) is 11.8. The average Bonchev–Trinajstić information content (AvgIpc) is 2.82. The molecule has 7 nitrogen and oxygen atoms in total. The van der Waals surface area contributed by atoms with Crippen LogP contribution in [0.1, 0.15) is 58.4 Å². The van der Waals surface area contributed by atoms with Gasteiger partial charge in [0.05, 0.1) is 11.7 Å². The molecule has 2 rings (SSSR count). The molecule has 1 amide bonds. The van der Waals surface area contributed by atoms with Gasteiger partial charge in [0.25, 0.3) is 5.91 Å². The zero-order chi connectivity index (χ0) is 26.8. The first kappa shape index (κ1) is 29.7. The summed E-state index contributed by atoms with van der Waals surface area (Å²) >= 11 is 0. The van der Waals surface area contributed by atoms with Gasteiger partial charge in [-0.25, -0.2) is 0 Å². The first-order chi connectivity index (χ1) is 16.9. The summed E-state index contributed by atoms with van der Waals surface area (Å²) in [6.07, 6.45) is -2.24. The predicted octanol–water partition coefficient (Wildman–Crippen LogP) is 6.90. The first-order valence-corrected chi connectivity index (χ1v) is 13.6. The minimum absolute atomic E-state index is 0.232. The summed E-state index contributed by atoms with van der Waals surface area (Å²) in [5.41, 5.74) is -0.771. The van der Waals surface area contributed by atoms with Crippen molar-refractivity contribution < 1.29 is 41.4 Å². The number of hydrogen-bond donors (Lipinski definition) is 2. The molecule has 0 aliphatic carbocycles. The number of carbonyl (C=O) groups is 1. The van der Waals surface area contributed by atoms with E-state index in [2.05, 4.69) is 5.32 Å². The standard InChI is InChI=1S/C25H33F3NO6P/c1-4-6-8-23(7-5-2)35-36(31,32)17-29-24(30)18(3)33-20-13-15-22(16-14-20)34-21-11-9-19(10-12-21)25(26,27)28/h9-16,18,23H,4-8,17H2,1-3H3,(H,29,30)(H,31,32). The van der Waals surface area contributed by atoms with Crippen molar-refractivity contribution in [2.24, 2.45) is 0 Å². The molecule has 3 unspecified atom stereocenters. The SMILES string of the molecule is CCCCC(CCC)OP(=O)(O)CNC(=O)C(C)Oc1ccc(Oc2ccc(C(F)(F)F)cc2)cc1. The Labute approximate surface area is 209 Å². The Hall–Kier alpha value is -2.55. The van der Waals surface area contributed by atoms with Crippen LogP contribution in [0.2, 0.25) is 0 Å². The van der Waals surface area contributed by atoms with Crippen LogP contribution in [0.15, 0.2) is 48.5 Å². The highest BCUT2D eigenvalue weighted by molar-refractivity contribution is 7.52. The van der Waals surface area contributed by atoms with Crippen LogP contribution >= 0.6 is 7.60 Å². The third-order valence-electron chi connectivity index (χ3n) is 5.18. The van der Waals surface area contributed by atoms with Crippen molar-refractivity contribution in [1.29, 1.82) is 0 Å². The number of nitrogens with one attached hydrogen (secondary N) is 1. The molecule has 0 aliphatic rings. The van der Waals surface area contributed by atoms with Crippen molar-refractivity contribution in [2.75, 3.05) is 6.29 Å². The van der Waals surface area contributed by atoms with E-state index in [9.17, 15) is 27.4 Å². The van der Waals surface area contributed by atoms with Crippen molar-refractivity contribution >= 4 is 13.5 Å². The Morgan fingerprint density at radius 1 is 0.972 bits per heavy atom. The van der Waals surface area contributed by atoms with Gasteiger partial charge in [-0.15, -0.1) is 0 Å². The molecule has 0 saturated carbocycles. The Balaban J connectivity index is 1.85. The van der Waals surface area contributed by atoms with Crippen LogP contribution in [0.3, 0.4) is 0 Å². The second-order valence-electron chi connectivity index (χ2n) is 8.35. The maximum atomic E-state index is 12.7. The molecule has 200 valence electrons. The van der Waals surface area contributed by atoms with E-state index in [1.54, 1.807) is 0 Å². The topological polar surface area (TPSA) is 94.1 Å². The normalized spacial score (nSPS) is 15.0. The Morgan fingerprint density at radius 2 is 1.53 bits per heavy atom. The van der Waals surface area contributed by atoms with Crippen LogP contribution in [0.5, 0.6) is 17.2 Å². The van der Waals surface area contributed by atoms with Gasteiger partial charge in [0.1, 0.15) is 23.5 Å². The third kappa shape index (κ3) is 10.2. The van der Waals surface area contributed by atoms with Gasteiger partial charge in [0.15, 0.2) is 6.10 Å². The molecule has 0 aromatic heterocycles. The van der Waals surface area contributed by atoms with Crippen LogP contribution in [0.4, 0.5) is 13.2 Å². The molecular formula is C25H33F3NO6P. The van der Waals surface area contributed by atoms with Gasteiger partial charge in [-0.3, -0.25) is 9.36 Å². The molecule has 2 aromatic carbocycles. The molecule has 0 saturated heterocycles. The number of hydrogen-bond acceptors (Lipinski definition) is 5. The highest BCUT2D eigenvalue weighted by Gasteiger charge is 2.30. The maximum absolute atomic E-state index is 12.7. The summed E-state index contributed by atoms with van der Waals surface area (Å²) in [5.74, 6) is 0.347. The summed E-state index contributed by atoms with van der Waals surface area (Å²) in [5, 5.41) is 2.40. The number of rotatable bonds is 14. The van der Waals surface area contributed by atoms with Crippen LogP contribution in [-0.2, 0) is 20.1 Å². The van der Waals surface area contributed by atoms with E-state index in [0.717, 1.165) is 31.4 Å². The van der Waals surface area contributed by atoms with Crippen LogP contribution in [-0.4, -0.2) is 29.3 Å². The molecule has 36 heavy (non-hydrogen) atoms. The largest absolute Gasteiger partial charge is 0.481 e. The minimum Gasteiger partial charge on any atom is -0.481 e. The number of halogens is 3. The van der Waals surface area contributed by atoms with Crippen LogP contribution < -0.4 is 14.8 Å². The van der Waals surface area contributed by atoms with Gasteiger partial charge < -0.3 is 24.2 Å². The van der Waals surface area contributed by atoms with Crippen molar-refractivity contribution in [2.45, 2.75) is 71.3 Å². The summed E-state index contributed by atoms with van der Waals surface area (Å²) in [6, 6.07) is 10.4. The quantitative estimate of drug-likeness (QED) is 0.258. The number of amides is 1. The zero-order valence-electron chi connectivity index (χ0n) is 20.6. The van der Waals surface area contributed by atoms with Crippen molar-refractivity contribution in [1.82, 2.24) is 5.32 Å². The van der Waals surface area contributed by atoms with E-state index in [0.29, 0.717) is 24.3 Å². The van der Waals surface area contributed by atoms with E-state index in [1.807, 2.05) is 13.8 Å². The number of carbonyl (C=O) groups excluding carboxylic acids is 1. The van der Waals surface area contributed by atoms with Gasteiger partial charge in [-0.1, -0.05) is 33.1 Å². The van der Waals surface area contributed by atoms with Crippen LogP contribution in [0.25, 0.3) is 0 Å². The van der Waals surface area contributed by atoms with E-state index < -0.39 is 37.6 Å². The highest BCUT2D eigenvalue weighted by atomic mass is 31.2. The summed E-state index contributed by atoms with van der Waals surface area (Å²) in [4.78, 5) is 22.5. The van der Waals surface area contributed by atoms with Gasteiger partial charge in [0, 0.05) is 0 Å². The third-order valence-corrected chi connectivity index (χ3v) is 6.37. The summed E-state index contributed by atoms with van der Waals surface area (Å²) in [6.45, 7) is 5.49. The minimum atomic E-state index is -4.42. The molecule has 0 fully saturated rings. The van der Waals surface area contributed by atoms with Gasteiger partial charge in [-0.05, 0) is 68.3 Å². The van der Waals surface area contributed by atoms with E-state index in [1.165, 1.54) is 43.3 Å². The predicted molar refractivity (Wildman–Crippen MR) is 130 cm³/mol. The number of unbranched alkanes of at least 4 members (excludes halogenated alkanes) is 1. The summed E-state index contributed by atoms with van der Waals surface area (Å²) < 4.78 is 66.9. The molecule has 0 bridgehead atoms. The molecule has 11 heteroatoms.